The highest BCUT2D eigenvalue weighted by atomic mass is 16.4. The lowest BCUT2D eigenvalue weighted by molar-refractivity contribution is -0.143. The van der Waals surface area contributed by atoms with E-state index in [4.69, 9.17) is 4.42 Å². The zero-order valence-electron chi connectivity index (χ0n) is 48.1. The third kappa shape index (κ3) is 14.1. The minimum atomic E-state index is -0.850. The molecular weight excluding hydrogens is 1040 g/mol. The van der Waals surface area contributed by atoms with Crippen molar-refractivity contribution in [2.24, 2.45) is 17.3 Å². The first-order valence-corrected chi connectivity index (χ1v) is 27.9. The molecule has 7 aromatic rings. The summed E-state index contributed by atoms with van der Waals surface area (Å²) < 4.78 is 6.07. The van der Waals surface area contributed by atoms with Crippen LogP contribution in [0.4, 0.5) is 0 Å². The Bertz CT molecular complexity index is 3310. The normalized spacial score (nSPS) is 20.1. The maximum absolute atomic E-state index is 13.5. The average molecular weight is 1120 g/mol. The number of ketones is 1. The first-order valence-electron chi connectivity index (χ1n) is 27.9. The number of Topliss-reactive ketones (excluding diaryl/α,β-unsaturated/α-hetero) is 1. The summed E-state index contributed by atoms with van der Waals surface area (Å²) in [7, 11) is 0. The van der Waals surface area contributed by atoms with E-state index < -0.39 is 17.3 Å². The van der Waals surface area contributed by atoms with E-state index in [0.29, 0.717) is 66.1 Å². The summed E-state index contributed by atoms with van der Waals surface area (Å²) in [5, 5.41) is 36.8. The van der Waals surface area contributed by atoms with Gasteiger partial charge < -0.3 is 29.5 Å². The number of hydrogen-bond acceptors (Lipinski definition) is 14. The van der Waals surface area contributed by atoms with Crippen molar-refractivity contribution in [1.29, 1.82) is 0 Å². The van der Waals surface area contributed by atoms with Crippen LogP contribution in [-0.2, 0) is 19.8 Å². The number of para-hydroxylation sites is 3. The quantitative estimate of drug-likeness (QED) is 0.125. The summed E-state index contributed by atoms with van der Waals surface area (Å²) in [6, 6.07) is 21.9. The Hall–Kier alpha value is -8.69. The number of aliphatic carboxylic acids is 1. The minimum absolute atomic E-state index is 0.0101. The van der Waals surface area contributed by atoms with Gasteiger partial charge in [-0.3, -0.25) is 28.8 Å². The molecule has 6 atom stereocenters. The zero-order chi connectivity index (χ0) is 58.9. The number of hydrogen-bond donors (Lipinski definition) is 2. The fourth-order valence-corrected chi connectivity index (χ4v) is 10.2. The molecule has 4 amide bonds. The highest BCUT2D eigenvalue weighted by Gasteiger charge is 2.37. The predicted octanol–water partition coefficient (Wildman–Crippen LogP) is 7.79. The monoisotopic (exact) mass is 1120 g/mol. The molecule has 10 rings (SSSR count). The Morgan fingerprint density at radius 1 is 0.537 bits per heavy atom. The van der Waals surface area contributed by atoms with Crippen LogP contribution in [0.25, 0.3) is 17.1 Å². The van der Waals surface area contributed by atoms with Crippen molar-refractivity contribution in [2.75, 3.05) is 26.2 Å². The standard InChI is InChI=1S/C22H29N5O3.C22H27N5O2.C16H18N4O3/c1-15-9-10-16(20(29)23-13-19(28)22(2,3)4)14-26(15)21(30)17-7-5-6-8-18(17)27-24-11-12-25-27;1-15-9-10-16(20-23-13-19(29-20)22(2,3)4)14-26(15)21(28)17-7-5-6-8-18(17)27-24-11-12-25-27;1-11-6-7-12(16(22)23)10-19(11)15(21)13-4-2-3-5-14(13)20-17-8-9-18-20/h5-8,11-12,15-16H,9-10,13-14H2,1-4H3,(H,23,29);5-8,11-13,15-16H,9-10,14H2,1-4H3;2-5,8-9,11-12H,6-7,10H2,1H3,(H,22,23)/t2*15-,16-;11-,12-/m111/s1. The van der Waals surface area contributed by atoms with E-state index in [0.717, 1.165) is 30.9 Å². The van der Waals surface area contributed by atoms with Gasteiger partial charge in [-0.05, 0) is 95.7 Å². The largest absolute Gasteiger partial charge is 0.481 e. The first-order chi connectivity index (χ1) is 39.1. The molecule has 0 spiro atoms. The van der Waals surface area contributed by atoms with Crippen molar-refractivity contribution in [3.63, 3.8) is 0 Å². The van der Waals surface area contributed by atoms with Crippen molar-refractivity contribution < 1.29 is 38.3 Å². The second-order valence-electron chi connectivity index (χ2n) is 23.3. The van der Waals surface area contributed by atoms with Gasteiger partial charge in [-0.25, -0.2) is 4.98 Å². The second kappa shape index (κ2) is 25.8. The summed E-state index contributed by atoms with van der Waals surface area (Å²) >= 11 is 0. The van der Waals surface area contributed by atoms with Gasteiger partial charge in [0.15, 0.2) is 11.7 Å². The summed E-state index contributed by atoms with van der Waals surface area (Å²) in [5.74, 6) is -0.558. The lowest BCUT2D eigenvalue weighted by atomic mass is 9.90. The van der Waals surface area contributed by atoms with Crippen LogP contribution in [0.5, 0.6) is 0 Å². The maximum Gasteiger partial charge on any atom is 0.308 e. The van der Waals surface area contributed by atoms with Crippen LogP contribution in [0.3, 0.4) is 0 Å². The van der Waals surface area contributed by atoms with Crippen molar-refractivity contribution >= 4 is 35.4 Å². The van der Waals surface area contributed by atoms with Crippen molar-refractivity contribution in [2.45, 2.75) is 130 Å². The molecule has 0 unspecified atom stereocenters. The fourth-order valence-electron chi connectivity index (χ4n) is 10.2. The molecule has 3 fully saturated rings. The summed E-state index contributed by atoms with van der Waals surface area (Å²) in [6.45, 7) is 19.0. The predicted molar refractivity (Wildman–Crippen MR) is 303 cm³/mol. The third-order valence-corrected chi connectivity index (χ3v) is 15.3. The molecule has 0 radical (unpaired) electrons. The summed E-state index contributed by atoms with van der Waals surface area (Å²) in [6.07, 6.45) is 15.8. The molecule has 82 heavy (non-hydrogen) atoms. The molecule has 22 nitrogen and oxygen atoms in total. The number of carboxylic acids is 1. The van der Waals surface area contributed by atoms with Crippen LogP contribution < -0.4 is 5.32 Å². The van der Waals surface area contributed by atoms with Gasteiger partial charge in [0.1, 0.15) is 5.76 Å². The molecule has 3 aliphatic heterocycles. The number of oxazole rings is 1. The van der Waals surface area contributed by atoms with E-state index in [9.17, 15) is 33.9 Å². The number of likely N-dealkylation sites (tertiary alicyclic amines) is 3. The van der Waals surface area contributed by atoms with Gasteiger partial charge in [0.05, 0.1) is 101 Å². The topological polar surface area (TPSA) is 263 Å². The van der Waals surface area contributed by atoms with E-state index in [-0.39, 0.29) is 77.9 Å². The van der Waals surface area contributed by atoms with E-state index in [1.165, 1.54) is 14.4 Å². The van der Waals surface area contributed by atoms with E-state index in [2.05, 4.69) is 68.6 Å². The molecule has 0 bridgehead atoms. The zero-order valence-corrected chi connectivity index (χ0v) is 48.1. The first kappa shape index (κ1) is 59.4. The molecule has 3 aliphatic rings. The van der Waals surface area contributed by atoms with Crippen LogP contribution in [0.2, 0.25) is 0 Å². The van der Waals surface area contributed by atoms with Crippen LogP contribution in [0, 0.1) is 17.3 Å². The fraction of sp³-hybridized carbons (Fsp3) is 0.450. The highest BCUT2D eigenvalue weighted by Crippen LogP contribution is 2.34. The Balaban J connectivity index is 0.000000162. The molecule has 7 heterocycles. The molecule has 4 aromatic heterocycles. The molecule has 22 heteroatoms. The molecule has 3 saturated heterocycles. The van der Waals surface area contributed by atoms with E-state index >= 15 is 0 Å². The van der Waals surface area contributed by atoms with Gasteiger partial charge in [-0.15, -0.1) is 0 Å². The van der Waals surface area contributed by atoms with Gasteiger partial charge in [-0.2, -0.15) is 45.0 Å². The molecule has 0 aliphatic carbocycles. The van der Waals surface area contributed by atoms with Crippen LogP contribution in [-0.4, -0.2) is 149 Å². The highest BCUT2D eigenvalue weighted by molar-refractivity contribution is 6.00. The van der Waals surface area contributed by atoms with Crippen molar-refractivity contribution in [3.8, 4) is 17.1 Å². The second-order valence-corrected chi connectivity index (χ2v) is 23.3. The molecule has 3 aromatic carbocycles. The van der Waals surface area contributed by atoms with Gasteiger partial charge in [0.25, 0.3) is 17.7 Å². The van der Waals surface area contributed by atoms with Crippen molar-refractivity contribution in [3.05, 3.63) is 145 Å². The van der Waals surface area contributed by atoms with Gasteiger partial charge in [0, 0.05) is 48.6 Å². The number of carbonyl (C=O) groups is 6. The lowest BCUT2D eigenvalue weighted by Crippen LogP contribution is -2.50. The Morgan fingerprint density at radius 2 is 0.915 bits per heavy atom. The number of piperidine rings is 3. The van der Waals surface area contributed by atoms with Crippen molar-refractivity contribution in [1.82, 2.24) is 70.0 Å². The Kier molecular flexibility index (Phi) is 18.7. The number of aromatic nitrogens is 10. The van der Waals surface area contributed by atoms with E-state index in [1.807, 2.05) is 82.1 Å². The molecular formula is C60H74N14O8. The SMILES string of the molecule is C[C@@H]1CC[C@@H](C(=O)NCC(=O)C(C)(C)C)CN1C(=O)c1ccccc1-n1nccn1.C[C@@H]1CC[C@@H](C(=O)O)CN1C(=O)c1ccccc1-n1nccn1.C[C@@H]1CC[C@@H](c2ncc(C(C)(C)C)o2)CN1C(=O)c1ccccc1-n1nccn1. The van der Waals surface area contributed by atoms with Crippen LogP contribution >= 0.6 is 0 Å². The number of benzene rings is 3. The van der Waals surface area contributed by atoms with Gasteiger partial charge in [-0.1, -0.05) is 77.9 Å². The molecule has 432 valence electrons. The van der Waals surface area contributed by atoms with Gasteiger partial charge >= 0.3 is 5.97 Å². The number of rotatable bonds is 11. The minimum Gasteiger partial charge on any atom is -0.481 e. The number of carbonyl (C=O) groups excluding carboxylic acids is 5. The Labute approximate surface area is 477 Å². The number of nitrogens with zero attached hydrogens (tertiary/aromatic N) is 13. The average Bonchev–Trinajstić information content (AvgIpc) is 4.35. The number of carboxylic acid groups (broad SMARTS) is 1. The maximum atomic E-state index is 13.5. The van der Waals surface area contributed by atoms with Gasteiger partial charge in [0.2, 0.25) is 5.91 Å². The molecule has 0 saturated carbocycles. The smallest absolute Gasteiger partial charge is 0.308 e. The summed E-state index contributed by atoms with van der Waals surface area (Å²) in [5.41, 5.74) is 2.85. The third-order valence-electron chi connectivity index (χ3n) is 15.3. The summed E-state index contributed by atoms with van der Waals surface area (Å²) in [4.78, 5) is 90.0. The van der Waals surface area contributed by atoms with Crippen LogP contribution in [0.1, 0.15) is 149 Å². The molecule has 2 N–H and O–H groups in total. The van der Waals surface area contributed by atoms with E-state index in [1.54, 1.807) is 83.4 Å². The number of nitrogens with one attached hydrogen (secondary N) is 1. The van der Waals surface area contributed by atoms with Crippen LogP contribution in [0.15, 0.2) is 121 Å². The Morgan fingerprint density at radius 3 is 1.30 bits per heavy atom. The number of amides is 4. The lowest BCUT2D eigenvalue weighted by Gasteiger charge is -2.37.